The summed E-state index contributed by atoms with van der Waals surface area (Å²) in [6.07, 6.45) is 3.70. The number of thioether (sulfide) groups is 1. The van der Waals surface area contributed by atoms with Crippen LogP contribution in [0.15, 0.2) is 4.99 Å². The third kappa shape index (κ3) is 8.10. The Morgan fingerprint density at radius 1 is 1.47 bits per heavy atom. The van der Waals surface area contributed by atoms with Gasteiger partial charge in [-0.25, -0.2) is 0 Å². The van der Waals surface area contributed by atoms with Gasteiger partial charge in [0.2, 0.25) is 0 Å². The number of halogens is 1. The zero-order valence-electron chi connectivity index (χ0n) is 10.7. The van der Waals surface area contributed by atoms with Crippen LogP contribution in [0, 0.1) is 0 Å². The Hall–Kier alpha value is 0.310. The number of nitrogens with one attached hydrogen (secondary N) is 2. The van der Waals surface area contributed by atoms with Gasteiger partial charge < -0.3 is 15.4 Å². The molecule has 1 unspecified atom stereocenters. The number of methoxy groups -OCH3 is 1. The summed E-state index contributed by atoms with van der Waals surface area (Å²) in [4.78, 5) is 4.19. The van der Waals surface area contributed by atoms with E-state index < -0.39 is 0 Å². The molecule has 1 heterocycles. The van der Waals surface area contributed by atoms with Crippen molar-refractivity contribution < 1.29 is 4.74 Å². The maximum atomic E-state index is 4.99. The molecule has 4 nitrogen and oxygen atoms in total. The molecule has 17 heavy (non-hydrogen) atoms. The van der Waals surface area contributed by atoms with Gasteiger partial charge in [-0.1, -0.05) is 0 Å². The highest BCUT2D eigenvalue weighted by Gasteiger charge is 2.15. The number of hydrogen-bond donors (Lipinski definition) is 2. The van der Waals surface area contributed by atoms with Gasteiger partial charge in [-0.3, -0.25) is 4.99 Å². The first kappa shape index (κ1) is 17.3. The minimum absolute atomic E-state index is 0. The summed E-state index contributed by atoms with van der Waals surface area (Å²) in [6.45, 7) is 2.72. The minimum atomic E-state index is 0. The SMILES string of the molecule is CN=C(NCCCOC)NCC1CCCS1.I. The van der Waals surface area contributed by atoms with E-state index in [1.807, 2.05) is 7.05 Å². The molecule has 1 aliphatic heterocycles. The minimum Gasteiger partial charge on any atom is -0.385 e. The van der Waals surface area contributed by atoms with Crippen molar-refractivity contribution in [2.24, 2.45) is 4.99 Å². The molecule has 0 saturated carbocycles. The predicted octanol–water partition coefficient (Wildman–Crippen LogP) is 1.70. The molecule has 0 radical (unpaired) electrons. The van der Waals surface area contributed by atoms with Crippen LogP contribution in [0.1, 0.15) is 19.3 Å². The molecule has 0 amide bonds. The first-order valence-electron chi connectivity index (χ1n) is 5.92. The highest BCUT2D eigenvalue weighted by atomic mass is 127. The van der Waals surface area contributed by atoms with Gasteiger partial charge in [0.15, 0.2) is 5.96 Å². The fourth-order valence-corrected chi connectivity index (χ4v) is 2.86. The van der Waals surface area contributed by atoms with Gasteiger partial charge in [-0.2, -0.15) is 11.8 Å². The Bertz CT molecular complexity index is 211. The number of ether oxygens (including phenoxy) is 1. The van der Waals surface area contributed by atoms with Crippen LogP contribution in [0.4, 0.5) is 0 Å². The third-order valence-corrected chi connectivity index (χ3v) is 3.96. The van der Waals surface area contributed by atoms with E-state index in [2.05, 4.69) is 27.4 Å². The van der Waals surface area contributed by atoms with E-state index in [0.29, 0.717) is 0 Å². The second-order valence-corrected chi connectivity index (χ2v) is 5.27. The molecular formula is C11H24IN3OS. The van der Waals surface area contributed by atoms with Gasteiger partial charge >= 0.3 is 0 Å². The Morgan fingerprint density at radius 2 is 2.29 bits per heavy atom. The molecule has 1 saturated heterocycles. The fourth-order valence-electron chi connectivity index (χ4n) is 1.66. The quantitative estimate of drug-likeness (QED) is 0.322. The maximum absolute atomic E-state index is 4.99. The lowest BCUT2D eigenvalue weighted by atomic mass is 10.2. The molecular weight excluding hydrogens is 349 g/mol. The van der Waals surface area contributed by atoms with Crippen molar-refractivity contribution in [2.45, 2.75) is 24.5 Å². The van der Waals surface area contributed by atoms with Gasteiger partial charge in [-0.05, 0) is 25.0 Å². The van der Waals surface area contributed by atoms with Crippen molar-refractivity contribution in [1.82, 2.24) is 10.6 Å². The lowest BCUT2D eigenvalue weighted by Crippen LogP contribution is -2.40. The zero-order chi connectivity index (χ0) is 11.6. The molecule has 1 aliphatic rings. The molecule has 2 N–H and O–H groups in total. The van der Waals surface area contributed by atoms with Gasteiger partial charge in [0.1, 0.15) is 0 Å². The average Bonchev–Trinajstić information content (AvgIpc) is 2.81. The molecule has 0 bridgehead atoms. The maximum Gasteiger partial charge on any atom is 0.191 e. The average molecular weight is 373 g/mol. The van der Waals surface area contributed by atoms with Gasteiger partial charge in [0, 0.05) is 39.1 Å². The van der Waals surface area contributed by atoms with E-state index in [0.717, 1.165) is 37.3 Å². The monoisotopic (exact) mass is 373 g/mol. The Labute approximate surface area is 126 Å². The highest BCUT2D eigenvalue weighted by Crippen LogP contribution is 2.25. The molecule has 0 spiro atoms. The van der Waals surface area contributed by atoms with E-state index in [4.69, 9.17) is 4.74 Å². The lowest BCUT2D eigenvalue weighted by Gasteiger charge is -2.14. The fraction of sp³-hybridized carbons (Fsp3) is 0.909. The van der Waals surface area contributed by atoms with Gasteiger partial charge in [0.25, 0.3) is 0 Å². The second-order valence-electron chi connectivity index (χ2n) is 3.86. The van der Waals surface area contributed by atoms with E-state index in [-0.39, 0.29) is 24.0 Å². The van der Waals surface area contributed by atoms with Crippen LogP contribution in [0.2, 0.25) is 0 Å². The Kier molecular flexibility index (Phi) is 11.6. The standard InChI is InChI=1S/C11H23N3OS.HI/c1-12-11(13-6-4-7-15-2)14-9-10-5-3-8-16-10;/h10H,3-9H2,1-2H3,(H2,12,13,14);1H. The molecule has 1 atom stereocenters. The molecule has 1 rings (SSSR count). The summed E-state index contributed by atoms with van der Waals surface area (Å²) < 4.78 is 4.99. The first-order valence-corrected chi connectivity index (χ1v) is 6.96. The molecule has 0 aromatic carbocycles. The summed E-state index contributed by atoms with van der Waals surface area (Å²) in [5.41, 5.74) is 0. The molecule has 0 aromatic heterocycles. The number of nitrogens with zero attached hydrogens (tertiary/aromatic N) is 1. The van der Waals surface area contributed by atoms with Crippen molar-refractivity contribution in [3.05, 3.63) is 0 Å². The van der Waals surface area contributed by atoms with Crippen molar-refractivity contribution in [3.63, 3.8) is 0 Å². The summed E-state index contributed by atoms with van der Waals surface area (Å²) in [6, 6.07) is 0. The molecule has 1 fully saturated rings. The first-order chi connectivity index (χ1) is 7.86. The van der Waals surface area contributed by atoms with Crippen LogP contribution in [0.25, 0.3) is 0 Å². The lowest BCUT2D eigenvalue weighted by molar-refractivity contribution is 0.195. The third-order valence-electron chi connectivity index (χ3n) is 2.56. The van der Waals surface area contributed by atoms with Crippen LogP contribution in [0.5, 0.6) is 0 Å². The van der Waals surface area contributed by atoms with Gasteiger partial charge in [-0.15, -0.1) is 24.0 Å². The van der Waals surface area contributed by atoms with Crippen LogP contribution in [0.3, 0.4) is 0 Å². The summed E-state index contributed by atoms with van der Waals surface area (Å²) in [7, 11) is 3.54. The van der Waals surface area contributed by atoms with E-state index in [1.54, 1.807) is 7.11 Å². The number of hydrogen-bond acceptors (Lipinski definition) is 3. The number of guanidine groups is 1. The van der Waals surface area contributed by atoms with E-state index >= 15 is 0 Å². The van der Waals surface area contributed by atoms with Gasteiger partial charge in [0.05, 0.1) is 0 Å². The summed E-state index contributed by atoms with van der Waals surface area (Å²) >= 11 is 2.06. The van der Waals surface area contributed by atoms with Crippen LogP contribution in [-0.4, -0.2) is 50.8 Å². The smallest absolute Gasteiger partial charge is 0.191 e. The van der Waals surface area contributed by atoms with E-state index in [1.165, 1.54) is 18.6 Å². The molecule has 0 aliphatic carbocycles. The zero-order valence-corrected chi connectivity index (χ0v) is 13.8. The van der Waals surface area contributed by atoms with Crippen molar-refractivity contribution in [2.75, 3.05) is 39.6 Å². The van der Waals surface area contributed by atoms with Crippen LogP contribution < -0.4 is 10.6 Å². The van der Waals surface area contributed by atoms with E-state index in [9.17, 15) is 0 Å². The summed E-state index contributed by atoms with van der Waals surface area (Å²) in [5.74, 6) is 2.22. The van der Waals surface area contributed by atoms with Crippen LogP contribution in [-0.2, 0) is 4.74 Å². The number of aliphatic imine (C=N–C) groups is 1. The second kappa shape index (κ2) is 11.4. The van der Waals surface area contributed by atoms with Crippen molar-refractivity contribution in [3.8, 4) is 0 Å². The Balaban J connectivity index is 0.00000256. The van der Waals surface area contributed by atoms with Crippen molar-refractivity contribution >= 4 is 41.7 Å². The molecule has 0 aromatic rings. The van der Waals surface area contributed by atoms with Crippen LogP contribution >= 0.6 is 35.7 Å². The number of rotatable bonds is 6. The highest BCUT2D eigenvalue weighted by molar-refractivity contribution is 14.0. The van der Waals surface area contributed by atoms with Crippen molar-refractivity contribution in [1.29, 1.82) is 0 Å². The Morgan fingerprint density at radius 3 is 2.88 bits per heavy atom. The summed E-state index contributed by atoms with van der Waals surface area (Å²) in [5, 5.41) is 7.40. The largest absolute Gasteiger partial charge is 0.385 e. The molecule has 102 valence electrons. The molecule has 6 heteroatoms. The topological polar surface area (TPSA) is 45.7 Å². The normalized spacial score (nSPS) is 19.9. The predicted molar refractivity (Wildman–Crippen MR) is 86.8 cm³/mol.